The van der Waals surface area contributed by atoms with Gasteiger partial charge in [0.05, 0.1) is 17.9 Å². The molecule has 0 saturated heterocycles. The van der Waals surface area contributed by atoms with Crippen LogP contribution in [0.3, 0.4) is 0 Å². The molecule has 0 amide bonds. The third-order valence-electron chi connectivity index (χ3n) is 4.13. The highest BCUT2D eigenvalue weighted by Gasteiger charge is 2.28. The van der Waals surface area contributed by atoms with Gasteiger partial charge < -0.3 is 9.64 Å². The Labute approximate surface area is 146 Å². The lowest BCUT2D eigenvalue weighted by atomic mass is 10.0. The van der Waals surface area contributed by atoms with Crippen LogP contribution >= 0.6 is 11.6 Å². The van der Waals surface area contributed by atoms with Crippen molar-refractivity contribution in [3.63, 3.8) is 0 Å². The van der Waals surface area contributed by atoms with Crippen LogP contribution in [0.5, 0.6) is 0 Å². The predicted molar refractivity (Wildman–Crippen MR) is 94.1 cm³/mol. The standard InChI is InChI=1S/C18H20ClN3O2/c1-5-15(23)16-14-8-24-9-22(18(14)21-12(4)20-16)17-10(2)6-13(19)7-11(17)3/h6-7H,5,8-9H2,1-4H3. The van der Waals surface area contributed by atoms with Crippen molar-refractivity contribution in [1.29, 1.82) is 0 Å². The zero-order valence-electron chi connectivity index (χ0n) is 14.3. The zero-order chi connectivity index (χ0) is 17.4. The molecule has 0 N–H and O–H groups in total. The number of anilines is 2. The molecule has 0 aliphatic carbocycles. The molecule has 126 valence electrons. The minimum Gasteiger partial charge on any atom is -0.356 e. The second-order valence-corrected chi connectivity index (χ2v) is 6.43. The first-order valence-corrected chi connectivity index (χ1v) is 8.33. The third kappa shape index (κ3) is 2.89. The van der Waals surface area contributed by atoms with Crippen molar-refractivity contribution in [2.75, 3.05) is 11.6 Å². The summed E-state index contributed by atoms with van der Waals surface area (Å²) in [7, 11) is 0. The number of ether oxygens (including phenoxy) is 1. The number of rotatable bonds is 3. The molecular weight excluding hydrogens is 326 g/mol. The highest BCUT2D eigenvalue weighted by molar-refractivity contribution is 6.30. The summed E-state index contributed by atoms with van der Waals surface area (Å²) in [6.45, 7) is 8.39. The van der Waals surface area contributed by atoms with Gasteiger partial charge in [0.2, 0.25) is 0 Å². The molecule has 0 bridgehead atoms. The lowest BCUT2D eigenvalue weighted by molar-refractivity contribution is 0.0957. The van der Waals surface area contributed by atoms with Gasteiger partial charge in [-0.15, -0.1) is 0 Å². The second kappa shape index (κ2) is 6.49. The maximum absolute atomic E-state index is 12.3. The van der Waals surface area contributed by atoms with Crippen LogP contribution in [0.15, 0.2) is 12.1 Å². The van der Waals surface area contributed by atoms with Gasteiger partial charge in [0.25, 0.3) is 0 Å². The molecule has 0 radical (unpaired) electrons. The van der Waals surface area contributed by atoms with Crippen molar-refractivity contribution < 1.29 is 9.53 Å². The molecular formula is C18H20ClN3O2. The van der Waals surface area contributed by atoms with Crippen molar-refractivity contribution in [2.45, 2.75) is 40.7 Å². The second-order valence-electron chi connectivity index (χ2n) is 5.99. The zero-order valence-corrected chi connectivity index (χ0v) is 15.1. The molecule has 1 aliphatic heterocycles. The Kier molecular flexibility index (Phi) is 4.56. The Morgan fingerprint density at radius 2 is 1.92 bits per heavy atom. The summed E-state index contributed by atoms with van der Waals surface area (Å²) in [4.78, 5) is 23.2. The topological polar surface area (TPSA) is 55.3 Å². The number of aryl methyl sites for hydroxylation is 3. The number of carbonyl (C=O) groups is 1. The Balaban J connectivity index is 2.20. The van der Waals surface area contributed by atoms with E-state index in [0.717, 1.165) is 28.2 Å². The van der Waals surface area contributed by atoms with Crippen LogP contribution in [-0.4, -0.2) is 22.5 Å². The van der Waals surface area contributed by atoms with Gasteiger partial charge in [0.1, 0.15) is 24.1 Å². The molecule has 0 atom stereocenters. The number of halogens is 1. The van der Waals surface area contributed by atoms with Crippen LogP contribution < -0.4 is 4.90 Å². The number of fused-ring (bicyclic) bond motifs is 1. The number of aromatic nitrogens is 2. The van der Waals surface area contributed by atoms with Gasteiger partial charge in [-0.25, -0.2) is 9.97 Å². The van der Waals surface area contributed by atoms with E-state index in [1.807, 2.05) is 44.7 Å². The van der Waals surface area contributed by atoms with Gasteiger partial charge in [0.15, 0.2) is 5.78 Å². The molecule has 5 nitrogen and oxygen atoms in total. The maximum atomic E-state index is 12.3. The summed E-state index contributed by atoms with van der Waals surface area (Å²) < 4.78 is 5.74. The largest absolute Gasteiger partial charge is 0.356 e. The SMILES string of the molecule is CCC(=O)c1nc(C)nc2c1COCN2c1c(C)cc(Cl)cc1C. The smallest absolute Gasteiger partial charge is 0.181 e. The average molecular weight is 346 g/mol. The number of ketones is 1. The predicted octanol–water partition coefficient (Wildman–Crippen LogP) is 4.27. The van der Waals surface area contributed by atoms with Crippen LogP contribution in [0, 0.1) is 20.8 Å². The number of benzene rings is 1. The first kappa shape index (κ1) is 16.9. The minimum absolute atomic E-state index is 0.00625. The lowest BCUT2D eigenvalue weighted by Gasteiger charge is -2.33. The normalized spacial score (nSPS) is 13.8. The number of hydrogen-bond acceptors (Lipinski definition) is 5. The average Bonchev–Trinajstić information content (AvgIpc) is 2.53. The fourth-order valence-electron chi connectivity index (χ4n) is 3.13. The number of carbonyl (C=O) groups excluding carboxylic acids is 1. The lowest BCUT2D eigenvalue weighted by Crippen LogP contribution is -2.31. The molecule has 2 aromatic rings. The molecule has 24 heavy (non-hydrogen) atoms. The van der Waals surface area contributed by atoms with E-state index in [-0.39, 0.29) is 5.78 Å². The Morgan fingerprint density at radius 3 is 2.54 bits per heavy atom. The van der Waals surface area contributed by atoms with Crippen LogP contribution in [-0.2, 0) is 11.3 Å². The highest BCUT2D eigenvalue weighted by Crippen LogP contribution is 2.37. The van der Waals surface area contributed by atoms with E-state index >= 15 is 0 Å². The molecule has 0 saturated carbocycles. The maximum Gasteiger partial charge on any atom is 0.181 e. The summed E-state index contributed by atoms with van der Waals surface area (Å²) in [5, 5.41) is 0.701. The van der Waals surface area contributed by atoms with E-state index in [1.165, 1.54) is 0 Å². The fourth-order valence-corrected chi connectivity index (χ4v) is 3.46. The van der Waals surface area contributed by atoms with E-state index in [2.05, 4.69) is 9.97 Å². The van der Waals surface area contributed by atoms with Gasteiger partial charge in [-0.1, -0.05) is 18.5 Å². The number of Topliss-reactive ketones (excluding diaryl/α,β-unsaturated/α-hetero) is 1. The van der Waals surface area contributed by atoms with Crippen molar-refractivity contribution in [2.24, 2.45) is 0 Å². The summed E-state index contributed by atoms with van der Waals surface area (Å²) in [6, 6.07) is 3.84. The first-order valence-electron chi connectivity index (χ1n) is 7.95. The molecule has 1 aliphatic rings. The number of nitrogens with zero attached hydrogens (tertiary/aromatic N) is 3. The molecule has 1 aromatic carbocycles. The Bertz CT molecular complexity index is 797. The summed E-state index contributed by atoms with van der Waals surface area (Å²) in [5.74, 6) is 1.34. The monoisotopic (exact) mass is 345 g/mol. The van der Waals surface area contributed by atoms with Crippen molar-refractivity contribution in [3.8, 4) is 0 Å². The molecule has 1 aromatic heterocycles. The van der Waals surface area contributed by atoms with Crippen LogP contribution in [0.25, 0.3) is 0 Å². The molecule has 0 spiro atoms. The summed E-state index contributed by atoms with van der Waals surface area (Å²) in [6.07, 6.45) is 0.405. The Hall–Kier alpha value is -1.98. The van der Waals surface area contributed by atoms with E-state index in [9.17, 15) is 4.79 Å². The van der Waals surface area contributed by atoms with Crippen molar-refractivity contribution in [1.82, 2.24) is 9.97 Å². The van der Waals surface area contributed by atoms with Crippen molar-refractivity contribution >= 4 is 28.9 Å². The Morgan fingerprint density at radius 1 is 1.25 bits per heavy atom. The van der Waals surface area contributed by atoms with Crippen LogP contribution in [0.1, 0.15) is 46.3 Å². The molecule has 3 rings (SSSR count). The molecule has 6 heteroatoms. The fraction of sp³-hybridized carbons (Fsp3) is 0.389. The molecule has 0 unspecified atom stereocenters. The van der Waals surface area contributed by atoms with Crippen LogP contribution in [0.2, 0.25) is 5.02 Å². The summed E-state index contributed by atoms with van der Waals surface area (Å²) in [5.41, 5.74) is 4.31. The van der Waals surface area contributed by atoms with E-state index in [0.29, 0.717) is 36.3 Å². The van der Waals surface area contributed by atoms with E-state index < -0.39 is 0 Å². The van der Waals surface area contributed by atoms with Gasteiger partial charge in [-0.3, -0.25) is 4.79 Å². The highest BCUT2D eigenvalue weighted by atomic mass is 35.5. The van der Waals surface area contributed by atoms with Gasteiger partial charge in [-0.05, 0) is 44.0 Å². The van der Waals surface area contributed by atoms with Gasteiger partial charge >= 0.3 is 0 Å². The number of hydrogen-bond donors (Lipinski definition) is 0. The van der Waals surface area contributed by atoms with Gasteiger partial charge in [-0.2, -0.15) is 0 Å². The molecule has 0 fully saturated rings. The minimum atomic E-state index is 0.00625. The van der Waals surface area contributed by atoms with Gasteiger partial charge in [0, 0.05) is 11.4 Å². The van der Waals surface area contributed by atoms with E-state index in [1.54, 1.807) is 0 Å². The third-order valence-corrected chi connectivity index (χ3v) is 4.35. The van der Waals surface area contributed by atoms with Crippen molar-refractivity contribution in [3.05, 3.63) is 45.4 Å². The quantitative estimate of drug-likeness (QED) is 0.777. The molecule has 2 heterocycles. The van der Waals surface area contributed by atoms with E-state index in [4.69, 9.17) is 16.3 Å². The van der Waals surface area contributed by atoms with Crippen LogP contribution in [0.4, 0.5) is 11.5 Å². The summed E-state index contributed by atoms with van der Waals surface area (Å²) >= 11 is 6.15. The first-order chi connectivity index (χ1) is 11.4.